The molecule has 1 aromatic heterocycles. The van der Waals surface area contributed by atoms with Crippen LogP contribution in [-0.2, 0) is 6.61 Å². The number of fused-ring (bicyclic) bond motifs is 1. The van der Waals surface area contributed by atoms with E-state index in [1.807, 2.05) is 37.3 Å². The van der Waals surface area contributed by atoms with E-state index >= 15 is 0 Å². The average Bonchev–Trinajstić information content (AvgIpc) is 3.21. The number of nitriles is 1. The summed E-state index contributed by atoms with van der Waals surface area (Å²) in [5.41, 5.74) is 3.03. The summed E-state index contributed by atoms with van der Waals surface area (Å²) in [6.45, 7) is 2.64. The summed E-state index contributed by atoms with van der Waals surface area (Å²) in [5.74, 6) is 1.12. The van der Waals surface area contributed by atoms with Gasteiger partial charge in [0.05, 0.1) is 23.2 Å². The summed E-state index contributed by atoms with van der Waals surface area (Å²) < 4.78 is 25.1. The summed E-state index contributed by atoms with van der Waals surface area (Å²) in [4.78, 5) is 7.38. The number of H-pyrrole nitrogens is 1. The number of aromatic nitrogens is 2. The minimum absolute atomic E-state index is 0.300. The maximum Gasteiger partial charge on any atom is 0.161 e. The van der Waals surface area contributed by atoms with E-state index < -0.39 is 0 Å². The second-order valence-electron chi connectivity index (χ2n) is 6.94. The van der Waals surface area contributed by atoms with Crippen LogP contribution in [-0.4, -0.2) is 16.6 Å². The van der Waals surface area contributed by atoms with Gasteiger partial charge in [-0.2, -0.15) is 5.26 Å². The molecule has 7 heteroatoms. The number of allylic oxidation sites excluding steroid dienone is 1. The zero-order valence-corrected chi connectivity index (χ0v) is 18.0. The third-order valence-corrected chi connectivity index (χ3v) is 5.11. The highest BCUT2D eigenvalue weighted by atomic mass is 35.5. The Morgan fingerprint density at radius 2 is 1.97 bits per heavy atom. The topological polar surface area (TPSA) is 70.9 Å². The molecule has 0 spiro atoms. The van der Waals surface area contributed by atoms with Gasteiger partial charge in [-0.1, -0.05) is 35.9 Å². The summed E-state index contributed by atoms with van der Waals surface area (Å²) in [7, 11) is 0. The monoisotopic (exact) mass is 447 g/mol. The molecule has 3 aromatic carbocycles. The summed E-state index contributed by atoms with van der Waals surface area (Å²) in [5, 5.41) is 10.3. The lowest BCUT2D eigenvalue weighted by Gasteiger charge is -2.13. The number of ether oxygens (including phenoxy) is 2. The molecule has 0 saturated heterocycles. The standard InChI is InChI=1S/C25H19ClFN3O2/c1-2-31-24-12-16(7-10-23(24)32-15-17-5-3-4-6-20(17)26)11-18(14-28)25-29-21-9-8-19(27)13-22(21)30-25/h3-13H,2,15H2,1H3,(H,29,30)/b18-11-. The van der Waals surface area contributed by atoms with Crippen LogP contribution in [0.5, 0.6) is 11.5 Å². The fourth-order valence-electron chi connectivity index (χ4n) is 3.20. The molecule has 0 amide bonds. The minimum atomic E-state index is -0.371. The minimum Gasteiger partial charge on any atom is -0.490 e. The van der Waals surface area contributed by atoms with Crippen molar-refractivity contribution in [1.82, 2.24) is 9.97 Å². The predicted octanol–water partition coefficient (Wildman–Crippen LogP) is 6.40. The molecular weight excluding hydrogens is 429 g/mol. The Hall–Kier alpha value is -3.82. The second kappa shape index (κ2) is 9.54. The molecular formula is C25H19ClFN3O2. The zero-order valence-electron chi connectivity index (χ0n) is 17.2. The third-order valence-electron chi connectivity index (χ3n) is 4.74. The molecule has 0 bridgehead atoms. The Morgan fingerprint density at radius 3 is 2.75 bits per heavy atom. The number of hydrogen-bond acceptors (Lipinski definition) is 4. The van der Waals surface area contributed by atoms with Gasteiger partial charge in [0.2, 0.25) is 0 Å². The molecule has 0 radical (unpaired) electrons. The number of imidazole rings is 1. The van der Waals surface area contributed by atoms with Crippen LogP contribution in [0.25, 0.3) is 22.7 Å². The lowest BCUT2D eigenvalue weighted by Crippen LogP contribution is -2.00. The normalized spacial score (nSPS) is 11.4. The SMILES string of the molecule is CCOc1cc(/C=C(/C#N)c2nc3ccc(F)cc3[nH]2)ccc1OCc1ccccc1Cl. The predicted molar refractivity (Wildman–Crippen MR) is 123 cm³/mol. The van der Waals surface area contributed by atoms with Crippen molar-refractivity contribution in [2.24, 2.45) is 0 Å². The van der Waals surface area contributed by atoms with E-state index in [4.69, 9.17) is 21.1 Å². The molecule has 0 saturated carbocycles. The Balaban J connectivity index is 1.62. The van der Waals surface area contributed by atoms with E-state index in [1.165, 1.54) is 12.1 Å². The first kappa shape index (κ1) is 21.4. The first-order chi connectivity index (χ1) is 15.6. The largest absolute Gasteiger partial charge is 0.490 e. The summed E-state index contributed by atoms with van der Waals surface area (Å²) in [6, 6.07) is 19.3. The van der Waals surface area contributed by atoms with Crippen molar-refractivity contribution >= 4 is 34.3 Å². The molecule has 1 N–H and O–H groups in total. The molecule has 0 fully saturated rings. The second-order valence-corrected chi connectivity index (χ2v) is 7.34. The maximum atomic E-state index is 13.5. The quantitative estimate of drug-likeness (QED) is 0.333. The van der Waals surface area contributed by atoms with E-state index in [1.54, 1.807) is 24.3 Å². The van der Waals surface area contributed by atoms with Gasteiger partial charge in [0.15, 0.2) is 11.5 Å². The van der Waals surface area contributed by atoms with Gasteiger partial charge in [-0.05, 0) is 55.0 Å². The van der Waals surface area contributed by atoms with Gasteiger partial charge in [0.25, 0.3) is 0 Å². The van der Waals surface area contributed by atoms with Crippen LogP contribution < -0.4 is 9.47 Å². The fourth-order valence-corrected chi connectivity index (χ4v) is 3.39. The molecule has 32 heavy (non-hydrogen) atoms. The average molecular weight is 448 g/mol. The molecule has 4 rings (SSSR count). The van der Waals surface area contributed by atoms with E-state index in [-0.39, 0.29) is 5.82 Å². The molecule has 4 aromatic rings. The number of aromatic amines is 1. The third kappa shape index (κ3) is 4.74. The van der Waals surface area contributed by atoms with Gasteiger partial charge in [-0.15, -0.1) is 0 Å². The Kier molecular flexibility index (Phi) is 6.39. The number of rotatable bonds is 7. The lowest BCUT2D eigenvalue weighted by atomic mass is 10.1. The first-order valence-electron chi connectivity index (χ1n) is 9.98. The van der Waals surface area contributed by atoms with Crippen LogP contribution in [0, 0.1) is 17.1 Å². The molecule has 0 aliphatic carbocycles. The first-order valence-corrected chi connectivity index (χ1v) is 10.4. The number of nitrogens with zero attached hydrogens (tertiary/aromatic N) is 2. The Labute approximate surface area is 189 Å². The van der Waals surface area contributed by atoms with Crippen molar-refractivity contribution in [2.45, 2.75) is 13.5 Å². The van der Waals surface area contributed by atoms with Gasteiger partial charge in [0.1, 0.15) is 24.3 Å². The zero-order chi connectivity index (χ0) is 22.5. The highest BCUT2D eigenvalue weighted by Crippen LogP contribution is 2.31. The van der Waals surface area contributed by atoms with Gasteiger partial charge in [-0.3, -0.25) is 0 Å². The Bertz CT molecular complexity index is 1340. The van der Waals surface area contributed by atoms with Crippen LogP contribution >= 0.6 is 11.6 Å². The highest BCUT2D eigenvalue weighted by molar-refractivity contribution is 6.31. The highest BCUT2D eigenvalue weighted by Gasteiger charge is 2.11. The molecule has 160 valence electrons. The molecule has 5 nitrogen and oxygen atoms in total. The van der Waals surface area contributed by atoms with Crippen LogP contribution in [0.1, 0.15) is 23.9 Å². The van der Waals surface area contributed by atoms with Gasteiger partial charge in [0, 0.05) is 10.6 Å². The number of nitrogens with one attached hydrogen (secondary N) is 1. The van der Waals surface area contributed by atoms with Crippen LogP contribution in [0.3, 0.4) is 0 Å². The van der Waals surface area contributed by atoms with Gasteiger partial charge in [-0.25, -0.2) is 9.37 Å². The fraction of sp³-hybridized carbons (Fsp3) is 0.120. The maximum absolute atomic E-state index is 13.5. The van der Waals surface area contributed by atoms with Crippen LogP contribution in [0.15, 0.2) is 60.7 Å². The summed E-state index contributed by atoms with van der Waals surface area (Å²) >= 11 is 6.21. The van der Waals surface area contributed by atoms with Gasteiger partial charge < -0.3 is 14.5 Å². The van der Waals surface area contributed by atoms with E-state index in [9.17, 15) is 9.65 Å². The number of benzene rings is 3. The van der Waals surface area contributed by atoms with E-state index in [0.717, 1.165) is 11.1 Å². The smallest absolute Gasteiger partial charge is 0.161 e. The lowest BCUT2D eigenvalue weighted by molar-refractivity contribution is 0.269. The van der Waals surface area contributed by atoms with Crippen molar-refractivity contribution in [3.63, 3.8) is 0 Å². The molecule has 0 aliphatic heterocycles. The molecule has 0 aliphatic rings. The van der Waals surface area contributed by atoms with Crippen molar-refractivity contribution in [2.75, 3.05) is 6.61 Å². The van der Waals surface area contributed by atoms with Crippen molar-refractivity contribution in [1.29, 1.82) is 5.26 Å². The van der Waals surface area contributed by atoms with Crippen LogP contribution in [0.2, 0.25) is 5.02 Å². The van der Waals surface area contributed by atoms with Crippen molar-refractivity contribution < 1.29 is 13.9 Å². The van der Waals surface area contributed by atoms with E-state index in [0.29, 0.717) is 52.2 Å². The molecule has 1 heterocycles. The van der Waals surface area contributed by atoms with Crippen molar-refractivity contribution in [3.05, 3.63) is 88.5 Å². The van der Waals surface area contributed by atoms with Crippen molar-refractivity contribution in [3.8, 4) is 17.6 Å². The van der Waals surface area contributed by atoms with Gasteiger partial charge >= 0.3 is 0 Å². The molecule has 0 unspecified atom stereocenters. The number of hydrogen-bond donors (Lipinski definition) is 1. The Morgan fingerprint density at radius 1 is 1.12 bits per heavy atom. The number of halogens is 2. The van der Waals surface area contributed by atoms with E-state index in [2.05, 4.69) is 16.0 Å². The van der Waals surface area contributed by atoms with Crippen LogP contribution in [0.4, 0.5) is 4.39 Å². The summed E-state index contributed by atoms with van der Waals surface area (Å²) in [6.07, 6.45) is 1.69. The molecule has 0 atom stereocenters.